The summed E-state index contributed by atoms with van der Waals surface area (Å²) >= 11 is 1.47. The van der Waals surface area contributed by atoms with Crippen molar-refractivity contribution >= 4 is 28.3 Å². The molecule has 228 valence electrons. The third-order valence-electron chi connectivity index (χ3n) is 7.61. The number of imidazole rings is 1. The normalized spacial score (nSPS) is 14.5. The topological polar surface area (TPSA) is 117 Å². The Balaban J connectivity index is 1.11. The molecule has 0 saturated carbocycles. The highest BCUT2D eigenvalue weighted by Crippen LogP contribution is 2.30. The summed E-state index contributed by atoms with van der Waals surface area (Å²) in [4.78, 5) is 25.9. The van der Waals surface area contributed by atoms with E-state index in [0.29, 0.717) is 30.0 Å². The van der Waals surface area contributed by atoms with Crippen LogP contribution in [0.2, 0.25) is 0 Å². The molecule has 0 bridgehead atoms. The summed E-state index contributed by atoms with van der Waals surface area (Å²) in [7, 11) is 1.84. The van der Waals surface area contributed by atoms with Gasteiger partial charge in [0.25, 0.3) is 0 Å². The van der Waals surface area contributed by atoms with E-state index in [1.165, 1.54) is 17.4 Å². The zero-order valence-corrected chi connectivity index (χ0v) is 24.8. The van der Waals surface area contributed by atoms with E-state index in [4.69, 9.17) is 9.47 Å². The van der Waals surface area contributed by atoms with Crippen LogP contribution >= 0.6 is 11.3 Å². The molecule has 45 heavy (non-hydrogen) atoms. The standard InChI is InChI=1S/C32H26F2N6O4S/c1-39-15-20(13-36-39)31-35-14-22(45-31)17-44-30-4-2-3-26(38-30)23-12-24(33)19(9-25(23)34)11-29-37-27-6-5-18(32(41)42)10-28(27)40(29)16-21-7-8-43-21/h2-6,9-10,12-15,21H,7-8,11,16-17H2,1H3,(H,41,42)/t21-/m0/s1. The molecule has 0 spiro atoms. The summed E-state index contributed by atoms with van der Waals surface area (Å²) in [6, 6.07) is 11.8. The zero-order valence-electron chi connectivity index (χ0n) is 24.0. The predicted octanol–water partition coefficient (Wildman–Crippen LogP) is 5.89. The number of carboxylic acids is 1. The molecule has 1 aliphatic rings. The molecule has 0 aliphatic carbocycles. The van der Waals surface area contributed by atoms with Crippen molar-refractivity contribution in [1.29, 1.82) is 0 Å². The minimum Gasteiger partial charge on any atom is -0.478 e. The Bertz CT molecular complexity index is 2050. The van der Waals surface area contributed by atoms with Gasteiger partial charge in [-0.25, -0.2) is 28.5 Å². The highest BCUT2D eigenvalue weighted by molar-refractivity contribution is 7.15. The average Bonchev–Trinajstić information content (AvgIpc) is 3.74. The van der Waals surface area contributed by atoms with Crippen molar-refractivity contribution in [2.75, 3.05) is 6.61 Å². The van der Waals surface area contributed by atoms with Gasteiger partial charge in [0.15, 0.2) is 0 Å². The Morgan fingerprint density at radius 1 is 1.13 bits per heavy atom. The molecule has 7 rings (SSSR count). The third-order valence-corrected chi connectivity index (χ3v) is 8.63. The lowest BCUT2D eigenvalue weighted by Crippen LogP contribution is -2.31. The van der Waals surface area contributed by atoms with Crippen LogP contribution < -0.4 is 4.74 Å². The summed E-state index contributed by atoms with van der Waals surface area (Å²) < 4.78 is 46.0. The lowest BCUT2D eigenvalue weighted by molar-refractivity contribution is -0.0589. The van der Waals surface area contributed by atoms with Gasteiger partial charge < -0.3 is 19.1 Å². The number of halogens is 2. The quantitative estimate of drug-likeness (QED) is 0.200. The van der Waals surface area contributed by atoms with Gasteiger partial charge in [-0.3, -0.25) is 4.68 Å². The fraction of sp³-hybridized carbons (Fsp3) is 0.219. The van der Waals surface area contributed by atoms with Gasteiger partial charge in [-0.15, -0.1) is 11.3 Å². The van der Waals surface area contributed by atoms with Gasteiger partial charge in [-0.05, 0) is 48.4 Å². The summed E-state index contributed by atoms with van der Waals surface area (Å²) in [6.07, 6.45) is 6.14. The summed E-state index contributed by atoms with van der Waals surface area (Å²) in [5, 5.41) is 14.5. The number of aromatic nitrogens is 6. The molecule has 0 amide bonds. The third kappa shape index (κ3) is 5.91. The van der Waals surface area contributed by atoms with Crippen molar-refractivity contribution in [3.63, 3.8) is 0 Å². The fourth-order valence-electron chi connectivity index (χ4n) is 5.20. The van der Waals surface area contributed by atoms with E-state index in [0.717, 1.165) is 34.0 Å². The van der Waals surface area contributed by atoms with Crippen LogP contribution in [0.5, 0.6) is 5.88 Å². The summed E-state index contributed by atoms with van der Waals surface area (Å²) in [5.41, 5.74) is 2.54. The number of hydrogen-bond donors (Lipinski definition) is 1. The minimum atomic E-state index is -1.06. The molecular formula is C32H26F2N6O4S. The van der Waals surface area contributed by atoms with Crippen LogP contribution in [0.1, 0.15) is 33.0 Å². The molecule has 1 aliphatic heterocycles. The second-order valence-electron chi connectivity index (χ2n) is 10.7. The van der Waals surface area contributed by atoms with E-state index in [9.17, 15) is 9.90 Å². The Hall–Kier alpha value is -5.01. The lowest BCUT2D eigenvalue weighted by Gasteiger charge is -2.27. The molecule has 1 N–H and O–H groups in total. The van der Waals surface area contributed by atoms with Crippen molar-refractivity contribution in [3.8, 4) is 27.7 Å². The van der Waals surface area contributed by atoms with Crippen LogP contribution in [0.15, 0.2) is 67.1 Å². The number of carbonyl (C=O) groups is 1. The molecule has 0 unspecified atom stereocenters. The zero-order chi connectivity index (χ0) is 31.1. The van der Waals surface area contributed by atoms with Crippen LogP contribution in [0.4, 0.5) is 8.78 Å². The molecular weight excluding hydrogens is 602 g/mol. The van der Waals surface area contributed by atoms with Crippen molar-refractivity contribution in [1.82, 2.24) is 29.3 Å². The van der Waals surface area contributed by atoms with Crippen molar-refractivity contribution in [2.24, 2.45) is 7.05 Å². The van der Waals surface area contributed by atoms with E-state index in [1.807, 2.05) is 17.8 Å². The Labute approximate surface area is 259 Å². The number of rotatable bonds is 10. The number of nitrogens with zero attached hydrogens (tertiary/aromatic N) is 6. The van der Waals surface area contributed by atoms with Gasteiger partial charge in [-0.2, -0.15) is 5.10 Å². The first-order valence-electron chi connectivity index (χ1n) is 14.2. The van der Waals surface area contributed by atoms with Gasteiger partial charge in [0.1, 0.15) is 29.1 Å². The number of ether oxygens (including phenoxy) is 2. The molecule has 4 aromatic heterocycles. The van der Waals surface area contributed by atoms with E-state index in [-0.39, 0.29) is 47.4 Å². The van der Waals surface area contributed by atoms with E-state index in [1.54, 1.807) is 47.4 Å². The van der Waals surface area contributed by atoms with Gasteiger partial charge >= 0.3 is 5.97 Å². The number of fused-ring (bicyclic) bond motifs is 1. The number of aryl methyl sites for hydroxylation is 1. The molecule has 0 radical (unpaired) electrons. The Morgan fingerprint density at radius 2 is 2.00 bits per heavy atom. The van der Waals surface area contributed by atoms with E-state index < -0.39 is 17.6 Å². The fourth-order valence-corrected chi connectivity index (χ4v) is 6.00. The average molecular weight is 629 g/mol. The summed E-state index contributed by atoms with van der Waals surface area (Å²) in [5.74, 6) is -1.57. The predicted molar refractivity (Wildman–Crippen MR) is 162 cm³/mol. The number of thiazole rings is 1. The van der Waals surface area contributed by atoms with Gasteiger partial charge in [0, 0.05) is 49.7 Å². The van der Waals surface area contributed by atoms with E-state index >= 15 is 8.78 Å². The SMILES string of the molecule is Cn1cc(-c2ncc(COc3cccc(-c4cc(F)c(Cc5nc6ccc(C(=O)O)cc6n5C[C@@H]5CCO5)cc4F)n3)s2)cn1. The lowest BCUT2D eigenvalue weighted by atomic mass is 10.0. The highest BCUT2D eigenvalue weighted by atomic mass is 32.1. The number of aromatic carboxylic acids is 1. The molecule has 13 heteroatoms. The molecule has 6 aromatic rings. The van der Waals surface area contributed by atoms with Crippen molar-refractivity contribution in [3.05, 3.63) is 101 Å². The smallest absolute Gasteiger partial charge is 0.335 e. The monoisotopic (exact) mass is 628 g/mol. The molecule has 1 saturated heterocycles. The van der Waals surface area contributed by atoms with Gasteiger partial charge in [0.2, 0.25) is 5.88 Å². The molecule has 1 fully saturated rings. The number of benzene rings is 2. The van der Waals surface area contributed by atoms with Crippen LogP contribution in [-0.2, 0) is 31.4 Å². The Morgan fingerprint density at radius 3 is 2.76 bits per heavy atom. The molecule has 5 heterocycles. The Kier molecular flexibility index (Phi) is 7.55. The summed E-state index contributed by atoms with van der Waals surface area (Å²) in [6.45, 7) is 1.29. The maximum Gasteiger partial charge on any atom is 0.335 e. The first-order valence-corrected chi connectivity index (χ1v) is 15.0. The van der Waals surface area contributed by atoms with Crippen molar-refractivity contribution in [2.45, 2.75) is 32.1 Å². The number of carboxylic acid groups (broad SMARTS) is 1. The highest BCUT2D eigenvalue weighted by Gasteiger charge is 2.24. The maximum atomic E-state index is 15.5. The maximum absolute atomic E-state index is 15.5. The van der Waals surface area contributed by atoms with Gasteiger partial charge in [-0.1, -0.05) is 6.07 Å². The van der Waals surface area contributed by atoms with Crippen LogP contribution in [0, 0.1) is 11.6 Å². The number of pyridine rings is 1. The van der Waals surface area contributed by atoms with Crippen LogP contribution in [-0.4, -0.2) is 53.1 Å². The van der Waals surface area contributed by atoms with E-state index in [2.05, 4.69) is 20.1 Å². The van der Waals surface area contributed by atoms with Crippen LogP contribution in [0.3, 0.4) is 0 Å². The van der Waals surface area contributed by atoms with Crippen molar-refractivity contribution < 1.29 is 28.2 Å². The second kappa shape index (κ2) is 11.8. The largest absolute Gasteiger partial charge is 0.478 e. The minimum absolute atomic E-state index is 0.000696. The molecule has 2 aromatic carbocycles. The first kappa shape index (κ1) is 28.7. The molecule has 10 nitrogen and oxygen atoms in total. The van der Waals surface area contributed by atoms with Gasteiger partial charge in [0.05, 0.1) is 46.0 Å². The first-order chi connectivity index (χ1) is 21.8. The second-order valence-corrected chi connectivity index (χ2v) is 11.8. The van der Waals surface area contributed by atoms with Crippen LogP contribution in [0.25, 0.3) is 32.9 Å². The number of hydrogen-bond acceptors (Lipinski definition) is 8. The molecule has 1 atom stereocenters.